The molecule has 2 aromatic heterocycles. The van der Waals surface area contributed by atoms with Crippen LogP contribution in [0.5, 0.6) is 0 Å². The van der Waals surface area contributed by atoms with E-state index in [-0.39, 0.29) is 5.56 Å². The normalized spacial score (nSPS) is 11.4. The van der Waals surface area contributed by atoms with Crippen LogP contribution in [0, 0.1) is 0 Å². The molecule has 4 nitrogen and oxygen atoms in total. The fourth-order valence-electron chi connectivity index (χ4n) is 1.95. The summed E-state index contributed by atoms with van der Waals surface area (Å²) in [5.74, 6) is 0. The van der Waals surface area contributed by atoms with E-state index in [0.717, 1.165) is 5.39 Å². The van der Waals surface area contributed by atoms with Crippen LogP contribution in [-0.2, 0) is 6.67 Å². The van der Waals surface area contributed by atoms with Gasteiger partial charge in [0.05, 0.1) is 22.6 Å². The quantitative estimate of drug-likeness (QED) is 0.725. The molecule has 86 valence electrons. The van der Waals surface area contributed by atoms with Crippen LogP contribution in [0.1, 0.15) is 5.56 Å². The molecule has 3 rings (SSSR count). The van der Waals surface area contributed by atoms with Gasteiger partial charge in [-0.15, -0.1) is 0 Å². The smallest absolute Gasteiger partial charge is 0.259 e. The molecule has 0 saturated heterocycles. The zero-order chi connectivity index (χ0) is 12.0. The molecule has 3 aromatic rings. The number of H-pyrrole nitrogens is 2. The number of aromatic amines is 2. The number of aromatic nitrogens is 3. The first kappa shape index (κ1) is 10.5. The summed E-state index contributed by atoms with van der Waals surface area (Å²) in [5, 5.41) is 7.84. The number of fused-ring (bicyclic) bond motifs is 3. The lowest BCUT2D eigenvalue weighted by molar-refractivity contribution is 0.486. The monoisotopic (exact) mass is 295 g/mol. The van der Waals surface area contributed by atoms with Crippen molar-refractivity contribution < 1.29 is 4.39 Å². The Morgan fingerprint density at radius 3 is 2.88 bits per heavy atom. The van der Waals surface area contributed by atoms with Crippen LogP contribution >= 0.6 is 15.9 Å². The molecule has 2 N–H and O–H groups in total. The van der Waals surface area contributed by atoms with Crippen LogP contribution in [0.4, 0.5) is 4.39 Å². The molecule has 1 aromatic carbocycles. The molecule has 0 aliphatic rings. The van der Waals surface area contributed by atoms with Crippen molar-refractivity contribution in [1.29, 1.82) is 0 Å². The standard InChI is InChI=1S/C11H7BrFN3O/c12-8-2-1-5-9(6(8)3-13)15-11(17)7-4-14-16-10(5)7/h1-2,4H,3H2,(H,14,16)(H,15,17). The van der Waals surface area contributed by atoms with Crippen molar-refractivity contribution in [1.82, 2.24) is 15.2 Å². The average molecular weight is 296 g/mol. The Balaban J connectivity index is 2.62. The first-order valence-electron chi connectivity index (χ1n) is 4.95. The van der Waals surface area contributed by atoms with E-state index < -0.39 is 6.67 Å². The fraction of sp³-hybridized carbons (Fsp3) is 0.0909. The van der Waals surface area contributed by atoms with Gasteiger partial charge in [0.1, 0.15) is 6.67 Å². The number of rotatable bonds is 1. The van der Waals surface area contributed by atoms with E-state index in [1.165, 1.54) is 6.20 Å². The summed E-state index contributed by atoms with van der Waals surface area (Å²) in [6, 6.07) is 3.57. The summed E-state index contributed by atoms with van der Waals surface area (Å²) >= 11 is 3.27. The molecule has 0 spiro atoms. The van der Waals surface area contributed by atoms with Crippen molar-refractivity contribution in [2.75, 3.05) is 0 Å². The number of alkyl halides is 1. The van der Waals surface area contributed by atoms with Crippen molar-refractivity contribution in [3.05, 3.63) is 38.7 Å². The van der Waals surface area contributed by atoms with Gasteiger partial charge < -0.3 is 4.98 Å². The molecule has 6 heteroatoms. The first-order chi connectivity index (χ1) is 8.22. The van der Waals surface area contributed by atoms with E-state index in [2.05, 4.69) is 31.1 Å². The van der Waals surface area contributed by atoms with Gasteiger partial charge in [0.15, 0.2) is 0 Å². The van der Waals surface area contributed by atoms with Crippen LogP contribution in [0.15, 0.2) is 27.6 Å². The highest BCUT2D eigenvalue weighted by molar-refractivity contribution is 9.10. The summed E-state index contributed by atoms with van der Waals surface area (Å²) in [4.78, 5) is 14.5. The van der Waals surface area contributed by atoms with Gasteiger partial charge in [-0.25, -0.2) is 4.39 Å². The first-order valence-corrected chi connectivity index (χ1v) is 5.74. The van der Waals surface area contributed by atoms with Crippen LogP contribution in [-0.4, -0.2) is 15.2 Å². The van der Waals surface area contributed by atoms with E-state index >= 15 is 0 Å². The van der Waals surface area contributed by atoms with Crippen molar-refractivity contribution in [3.8, 4) is 0 Å². The summed E-state index contributed by atoms with van der Waals surface area (Å²) in [5.41, 5.74) is 1.31. The average Bonchev–Trinajstić information content (AvgIpc) is 2.79. The Morgan fingerprint density at radius 1 is 1.29 bits per heavy atom. The van der Waals surface area contributed by atoms with Crippen LogP contribution in [0.2, 0.25) is 0 Å². The zero-order valence-corrected chi connectivity index (χ0v) is 10.1. The van der Waals surface area contributed by atoms with E-state index in [0.29, 0.717) is 26.5 Å². The molecule has 0 atom stereocenters. The molecule has 17 heavy (non-hydrogen) atoms. The Morgan fingerprint density at radius 2 is 2.12 bits per heavy atom. The third-order valence-electron chi connectivity index (χ3n) is 2.78. The lowest BCUT2D eigenvalue weighted by Gasteiger charge is -2.06. The van der Waals surface area contributed by atoms with Gasteiger partial charge in [-0.05, 0) is 12.1 Å². The van der Waals surface area contributed by atoms with Crippen LogP contribution in [0.25, 0.3) is 21.8 Å². The minimum Gasteiger partial charge on any atom is -0.321 e. The fourth-order valence-corrected chi connectivity index (χ4v) is 2.39. The minimum absolute atomic E-state index is 0.269. The summed E-state index contributed by atoms with van der Waals surface area (Å²) in [6.07, 6.45) is 1.46. The number of hydrogen-bond donors (Lipinski definition) is 2. The van der Waals surface area contributed by atoms with Crippen LogP contribution in [0.3, 0.4) is 0 Å². The van der Waals surface area contributed by atoms with Gasteiger partial charge in [0.25, 0.3) is 5.56 Å². The third-order valence-corrected chi connectivity index (χ3v) is 3.52. The van der Waals surface area contributed by atoms with Gasteiger partial charge >= 0.3 is 0 Å². The lowest BCUT2D eigenvalue weighted by Crippen LogP contribution is -2.06. The number of nitrogens with one attached hydrogen (secondary N) is 2. The number of benzene rings is 1. The maximum absolute atomic E-state index is 13.0. The second-order valence-corrected chi connectivity index (χ2v) is 4.55. The van der Waals surface area contributed by atoms with E-state index in [1.54, 1.807) is 6.07 Å². The van der Waals surface area contributed by atoms with Gasteiger partial charge in [-0.1, -0.05) is 15.9 Å². The summed E-state index contributed by atoms with van der Waals surface area (Å²) in [7, 11) is 0. The van der Waals surface area contributed by atoms with Gasteiger partial charge in [-0.3, -0.25) is 9.89 Å². The maximum Gasteiger partial charge on any atom is 0.259 e. The van der Waals surface area contributed by atoms with Gasteiger partial charge in [0, 0.05) is 15.4 Å². The largest absolute Gasteiger partial charge is 0.321 e. The second kappa shape index (κ2) is 3.66. The molecule has 0 fully saturated rings. The highest BCUT2D eigenvalue weighted by Crippen LogP contribution is 2.28. The molecular weight excluding hydrogens is 289 g/mol. The Labute approximate surface area is 103 Å². The lowest BCUT2D eigenvalue weighted by atomic mass is 10.1. The molecule has 2 heterocycles. The van der Waals surface area contributed by atoms with Gasteiger partial charge in [-0.2, -0.15) is 5.10 Å². The Hall–Kier alpha value is -1.69. The number of nitrogens with zero attached hydrogens (tertiary/aromatic N) is 1. The highest BCUT2D eigenvalue weighted by atomic mass is 79.9. The summed E-state index contributed by atoms with van der Waals surface area (Å²) < 4.78 is 13.6. The molecule has 0 aliphatic heterocycles. The van der Waals surface area contributed by atoms with Gasteiger partial charge in [0.2, 0.25) is 0 Å². The molecule has 0 aliphatic carbocycles. The van der Waals surface area contributed by atoms with E-state index in [4.69, 9.17) is 0 Å². The molecular formula is C11H7BrFN3O. The topological polar surface area (TPSA) is 61.5 Å². The SMILES string of the molecule is O=c1[nH]c2c(CF)c(Br)ccc2c2[nH]ncc12. The number of pyridine rings is 1. The predicted octanol–water partition coefficient (Wildman–Crippen LogP) is 2.64. The maximum atomic E-state index is 13.0. The van der Waals surface area contributed by atoms with Crippen molar-refractivity contribution in [2.45, 2.75) is 6.67 Å². The molecule has 0 amide bonds. The highest BCUT2D eigenvalue weighted by Gasteiger charge is 2.12. The zero-order valence-electron chi connectivity index (χ0n) is 8.55. The van der Waals surface area contributed by atoms with Crippen molar-refractivity contribution in [3.63, 3.8) is 0 Å². The summed E-state index contributed by atoms with van der Waals surface area (Å²) in [6.45, 7) is -0.645. The van der Waals surface area contributed by atoms with E-state index in [1.807, 2.05) is 6.07 Å². The van der Waals surface area contributed by atoms with Crippen molar-refractivity contribution in [2.24, 2.45) is 0 Å². The second-order valence-electron chi connectivity index (χ2n) is 3.69. The molecule has 0 bridgehead atoms. The number of halogens is 2. The molecule has 0 unspecified atom stereocenters. The Bertz CT molecular complexity index is 777. The predicted molar refractivity (Wildman–Crippen MR) is 66.7 cm³/mol. The minimum atomic E-state index is -0.645. The van der Waals surface area contributed by atoms with E-state index in [9.17, 15) is 9.18 Å². The Kier molecular flexibility index (Phi) is 2.25. The van der Waals surface area contributed by atoms with Crippen molar-refractivity contribution >= 4 is 37.7 Å². The third kappa shape index (κ3) is 1.40. The number of hydrogen-bond acceptors (Lipinski definition) is 2. The molecule has 0 saturated carbocycles. The molecule has 0 radical (unpaired) electrons. The van der Waals surface area contributed by atoms with Crippen LogP contribution < -0.4 is 5.56 Å².